The molecule has 0 aromatic heterocycles. The fourth-order valence-electron chi connectivity index (χ4n) is 9.11. The maximum Gasteiger partial charge on any atom is 0.326 e. The van der Waals surface area contributed by atoms with Gasteiger partial charge in [0, 0.05) is 31.0 Å². The van der Waals surface area contributed by atoms with Gasteiger partial charge in [-0.2, -0.15) is 0 Å². The molecule has 468 valence electrons. The minimum Gasteiger partial charge on any atom is -0.508 e. The number of aliphatic hydroxyl groups excluding tert-OH is 1. The summed E-state index contributed by atoms with van der Waals surface area (Å²) in [6, 6.07) is -0.0742. The number of aliphatic hydroxyl groups is 1. The van der Waals surface area contributed by atoms with Crippen LogP contribution < -0.4 is 65.5 Å². The van der Waals surface area contributed by atoms with Gasteiger partial charge in [-0.05, 0) is 93.5 Å². The predicted octanol–water partition coefficient (Wildman–Crippen LogP) is -3.45. The average Bonchev–Trinajstić information content (AvgIpc) is 4.10. The molecule has 2 aromatic rings. The van der Waals surface area contributed by atoms with Crippen molar-refractivity contribution in [3.63, 3.8) is 0 Å². The number of aliphatic carboxylic acids is 2. The van der Waals surface area contributed by atoms with E-state index in [4.69, 9.17) is 22.9 Å². The van der Waals surface area contributed by atoms with Crippen LogP contribution in [0.3, 0.4) is 0 Å². The summed E-state index contributed by atoms with van der Waals surface area (Å²) in [4.78, 5) is 156. The summed E-state index contributed by atoms with van der Waals surface area (Å²) in [6.45, 7) is 2.97. The lowest BCUT2D eigenvalue weighted by molar-refractivity contribution is -0.143. The van der Waals surface area contributed by atoms with E-state index >= 15 is 0 Å². The number of nitrogens with one attached hydrogen (secondary N) is 8. The number of carboxylic acid groups (broad SMARTS) is 2. The molecule has 2 aliphatic rings. The van der Waals surface area contributed by atoms with E-state index in [0.717, 1.165) is 21.6 Å². The highest BCUT2D eigenvalue weighted by atomic mass is 33.1. The second-order valence-corrected chi connectivity index (χ2v) is 23.4. The lowest BCUT2D eigenvalue weighted by atomic mass is 10.0. The van der Waals surface area contributed by atoms with E-state index in [-0.39, 0.29) is 100 Å². The maximum absolute atomic E-state index is 14.6. The Kier molecular flexibility index (Phi) is 29.2. The summed E-state index contributed by atoms with van der Waals surface area (Å²) >= 11 is 0. The number of phenolic OH excluding ortho intramolecular Hbond substituents is 1. The van der Waals surface area contributed by atoms with Gasteiger partial charge in [0.2, 0.25) is 53.2 Å². The number of benzene rings is 2. The van der Waals surface area contributed by atoms with E-state index in [1.165, 1.54) is 17.0 Å². The van der Waals surface area contributed by atoms with Crippen molar-refractivity contribution >= 4 is 92.7 Å². The molecule has 0 saturated carbocycles. The molecule has 0 unspecified atom stereocenters. The number of carbonyl (C=O) groups excluding carboxylic acids is 9. The van der Waals surface area contributed by atoms with Gasteiger partial charge in [0.1, 0.15) is 60.1 Å². The molecule has 0 radical (unpaired) electrons. The normalized spacial score (nSPS) is 19.6. The second kappa shape index (κ2) is 35.5. The first-order chi connectivity index (χ1) is 40.4. The van der Waals surface area contributed by atoms with Crippen molar-refractivity contribution < 1.29 is 73.2 Å². The molecule has 0 spiro atoms. The molecular formula is C54H80N14O15S2. The number of carboxylic acids is 2. The van der Waals surface area contributed by atoms with Gasteiger partial charge in [-0.3, -0.25) is 52.9 Å². The number of nitrogens with zero attached hydrogens (tertiary/aromatic N) is 2. The number of hydrogen-bond donors (Lipinski definition) is 16. The molecule has 2 aliphatic heterocycles. The van der Waals surface area contributed by atoms with E-state index in [9.17, 15) is 73.2 Å². The number of aliphatic imine (C=N–C) groups is 1. The number of hydrogen-bond acceptors (Lipinski definition) is 18. The van der Waals surface area contributed by atoms with Crippen LogP contribution in [0.25, 0.3) is 0 Å². The average molecular weight is 1230 g/mol. The molecule has 0 bridgehead atoms. The molecule has 31 heteroatoms. The first-order valence-corrected chi connectivity index (χ1v) is 30.3. The fraction of sp³-hybridized carbons (Fsp3) is 0.556. The highest BCUT2D eigenvalue weighted by molar-refractivity contribution is 8.76. The van der Waals surface area contributed by atoms with Gasteiger partial charge in [-0.25, -0.2) is 4.79 Å². The Morgan fingerprint density at radius 1 is 0.718 bits per heavy atom. The monoisotopic (exact) mass is 1230 g/mol. The molecule has 2 aromatic carbocycles. The quantitative estimate of drug-likeness (QED) is 0.0157. The number of amides is 9. The Balaban J connectivity index is 1.59. The van der Waals surface area contributed by atoms with Crippen LogP contribution in [0.1, 0.15) is 82.8 Å². The largest absolute Gasteiger partial charge is 0.508 e. The molecule has 10 atom stereocenters. The molecule has 85 heavy (non-hydrogen) atoms. The second-order valence-electron chi connectivity index (χ2n) is 20.9. The third kappa shape index (κ3) is 23.7. The molecule has 29 nitrogen and oxygen atoms in total. The van der Waals surface area contributed by atoms with Gasteiger partial charge in [0.25, 0.3) is 0 Å². The number of phenols is 1. The van der Waals surface area contributed by atoms with Crippen molar-refractivity contribution in [1.82, 2.24) is 47.4 Å². The van der Waals surface area contributed by atoms with Crippen LogP contribution in [0.5, 0.6) is 5.75 Å². The first kappa shape index (κ1) is 69.8. The third-order valence-electron chi connectivity index (χ3n) is 13.6. The van der Waals surface area contributed by atoms with Crippen LogP contribution in [-0.2, 0) is 65.6 Å². The zero-order chi connectivity index (χ0) is 62.8. The Morgan fingerprint density at radius 3 is 1.96 bits per heavy atom. The topological polar surface area (TPSA) is 485 Å². The third-order valence-corrected chi connectivity index (χ3v) is 16.0. The summed E-state index contributed by atoms with van der Waals surface area (Å²) in [5.41, 5.74) is 23.8. The van der Waals surface area contributed by atoms with E-state index in [1.807, 2.05) is 0 Å². The highest BCUT2D eigenvalue weighted by Gasteiger charge is 2.41. The van der Waals surface area contributed by atoms with Crippen molar-refractivity contribution in [3.8, 4) is 5.75 Å². The Hall–Kier alpha value is -7.74. The van der Waals surface area contributed by atoms with E-state index < -0.39 is 139 Å². The molecule has 2 fully saturated rings. The molecule has 4 rings (SSSR count). The molecule has 0 aliphatic carbocycles. The van der Waals surface area contributed by atoms with Crippen LogP contribution in [0, 0.1) is 5.92 Å². The molecule has 9 amide bonds. The number of unbranched alkanes of at least 4 members (excludes halogenated alkanes) is 1. The molecule has 20 N–H and O–H groups in total. The molecular weight excluding hydrogens is 1150 g/mol. The van der Waals surface area contributed by atoms with E-state index in [1.54, 1.807) is 56.3 Å². The summed E-state index contributed by atoms with van der Waals surface area (Å²) in [5.74, 6) is -11.9. The highest BCUT2D eigenvalue weighted by Crippen LogP contribution is 2.27. The van der Waals surface area contributed by atoms with Crippen molar-refractivity contribution in [1.29, 1.82) is 0 Å². The fourth-order valence-corrected chi connectivity index (χ4v) is 11.4. The lowest BCUT2D eigenvalue weighted by Crippen LogP contribution is -2.61. The number of carbonyl (C=O) groups is 11. The van der Waals surface area contributed by atoms with Gasteiger partial charge in [-0.15, -0.1) is 0 Å². The van der Waals surface area contributed by atoms with Crippen LogP contribution in [-0.4, -0.2) is 195 Å². The molecule has 2 saturated heterocycles. The van der Waals surface area contributed by atoms with Crippen LogP contribution in [0.15, 0.2) is 59.6 Å². The van der Waals surface area contributed by atoms with Gasteiger partial charge in [0.15, 0.2) is 5.96 Å². The van der Waals surface area contributed by atoms with Crippen molar-refractivity contribution in [2.24, 2.45) is 33.8 Å². The summed E-state index contributed by atoms with van der Waals surface area (Å²) < 4.78 is 0. The Labute approximate surface area is 499 Å². The number of rotatable bonds is 30. The van der Waals surface area contributed by atoms with Crippen LogP contribution >= 0.6 is 21.6 Å². The van der Waals surface area contributed by atoms with Gasteiger partial charge in [0.05, 0.1) is 19.1 Å². The van der Waals surface area contributed by atoms with Crippen LogP contribution in [0.2, 0.25) is 0 Å². The SMILES string of the molecule is CC(C)C[C@@H]1NC(=O)[C@H]2CCCN2C(=O)[C@H](NC(=O)[C@H](CC(=O)O)NC(=O)[C@H](CCCCN)NC(=O)[C@H](Cc2ccccc2)NC(=O)[C@H](CO)NC(=O)[C@@H](N)Cc2ccc(O)cc2)CSSC[C@@H](C(=O)N[C@@H](CCCN=C(N)N)C(=O)O)NC1=O. The van der Waals surface area contributed by atoms with E-state index in [0.29, 0.717) is 24.0 Å². The summed E-state index contributed by atoms with van der Waals surface area (Å²) in [6.07, 6.45) is -0.0667. The molecule has 2 heterocycles. The zero-order valence-electron chi connectivity index (χ0n) is 47.4. The van der Waals surface area contributed by atoms with Crippen molar-refractivity contribution in [2.45, 2.75) is 145 Å². The van der Waals surface area contributed by atoms with Gasteiger partial charge < -0.3 is 90.8 Å². The smallest absolute Gasteiger partial charge is 0.326 e. The number of aromatic hydroxyl groups is 1. The number of guanidine groups is 1. The van der Waals surface area contributed by atoms with Gasteiger partial charge >= 0.3 is 11.9 Å². The summed E-state index contributed by atoms with van der Waals surface area (Å²) in [7, 11) is 1.92. The summed E-state index contributed by atoms with van der Waals surface area (Å²) in [5, 5.41) is 60.2. The Bertz CT molecular complexity index is 2650. The first-order valence-electron chi connectivity index (χ1n) is 27.8. The zero-order valence-corrected chi connectivity index (χ0v) is 49.0. The standard InChI is InChI=1S/C54H80N14O15S2/c1-29(2)22-36-46(75)66-40(50(79)61-35(53(82)83)13-8-20-59-54(57)58)27-84-85-28-41(52(81)68-21-9-14-42(68)51(80)64-36)67-48(77)38(25-43(71)72)63-45(74)34(12-6-7-19-55)60-47(76)37(24-30-10-4-3-5-11-30)62-49(78)39(26-69)65-44(73)33(56)23-31-15-17-32(70)18-16-31/h3-5,10-11,15-18,29,33-42,69-70H,6-9,12-14,19-28,55-56H2,1-2H3,(H,60,76)(H,61,79)(H,62,78)(H,63,74)(H,64,80)(H,65,73)(H,66,75)(H,67,77)(H,71,72)(H,82,83)(H4,57,58,59)/t33-,34-,35-,36-,37-,38-,39-,40-,41+,42+/m0/s1. The van der Waals surface area contributed by atoms with Crippen LogP contribution in [0.4, 0.5) is 0 Å². The number of fused-ring (bicyclic) bond motifs is 1. The van der Waals surface area contributed by atoms with Gasteiger partial charge in [-0.1, -0.05) is 77.9 Å². The Morgan fingerprint density at radius 2 is 1.33 bits per heavy atom. The minimum absolute atomic E-state index is 0.00119. The number of nitrogens with two attached hydrogens (primary N) is 4. The lowest BCUT2D eigenvalue weighted by Gasteiger charge is -2.32. The minimum atomic E-state index is -1.90. The van der Waals surface area contributed by atoms with E-state index in [2.05, 4.69) is 47.5 Å². The predicted molar refractivity (Wildman–Crippen MR) is 314 cm³/mol. The van der Waals surface area contributed by atoms with Crippen molar-refractivity contribution in [2.75, 3.05) is 37.7 Å². The van der Waals surface area contributed by atoms with Crippen molar-refractivity contribution in [3.05, 3.63) is 65.7 Å². The maximum atomic E-state index is 14.6.